The molecule has 0 radical (unpaired) electrons. The van der Waals surface area contributed by atoms with Gasteiger partial charge in [-0.05, 0) is 37.1 Å². The Bertz CT molecular complexity index is 534. The summed E-state index contributed by atoms with van der Waals surface area (Å²) in [7, 11) is 0. The minimum Gasteiger partial charge on any atom is -0.508 e. The summed E-state index contributed by atoms with van der Waals surface area (Å²) in [6, 6.07) is 7.74. The van der Waals surface area contributed by atoms with Crippen molar-refractivity contribution in [3.05, 3.63) is 29.8 Å². The molecule has 0 spiro atoms. The SMILES string of the molecule is O=C(N[C@H]1CCCN(Cc2cccc(O)c2)C1)N1CCSCC1. The normalized spacial score (nSPS) is 22.8. The molecule has 126 valence electrons. The predicted molar refractivity (Wildman–Crippen MR) is 93.8 cm³/mol. The van der Waals surface area contributed by atoms with Crippen LogP contribution in [0, 0.1) is 0 Å². The minimum atomic E-state index is 0.0921. The average molecular weight is 335 g/mol. The number of hydrogen-bond donors (Lipinski definition) is 2. The fourth-order valence-electron chi connectivity index (χ4n) is 3.26. The van der Waals surface area contributed by atoms with Crippen LogP contribution < -0.4 is 5.32 Å². The maximum atomic E-state index is 12.3. The number of phenolic OH excluding ortho intramolecular Hbond substituents is 1. The fraction of sp³-hybridized carbons (Fsp3) is 0.588. The van der Waals surface area contributed by atoms with Gasteiger partial charge in [-0.1, -0.05) is 12.1 Å². The second kappa shape index (κ2) is 7.93. The summed E-state index contributed by atoms with van der Waals surface area (Å²) in [5.74, 6) is 2.40. The van der Waals surface area contributed by atoms with E-state index in [2.05, 4.69) is 10.2 Å². The van der Waals surface area contributed by atoms with Gasteiger partial charge in [0.1, 0.15) is 5.75 Å². The molecule has 1 aromatic carbocycles. The number of nitrogens with zero attached hydrogens (tertiary/aromatic N) is 2. The first-order chi connectivity index (χ1) is 11.2. The molecule has 2 fully saturated rings. The lowest BCUT2D eigenvalue weighted by atomic mass is 10.0. The number of aromatic hydroxyl groups is 1. The van der Waals surface area contributed by atoms with E-state index >= 15 is 0 Å². The summed E-state index contributed by atoms with van der Waals surface area (Å²) in [6.07, 6.45) is 2.14. The Labute approximate surface area is 142 Å². The lowest BCUT2D eigenvalue weighted by Crippen LogP contribution is -2.52. The maximum absolute atomic E-state index is 12.3. The van der Waals surface area contributed by atoms with E-state index in [0.717, 1.165) is 62.6 Å². The molecular formula is C17H25N3O2S. The number of benzene rings is 1. The summed E-state index contributed by atoms with van der Waals surface area (Å²) in [5.41, 5.74) is 1.12. The smallest absolute Gasteiger partial charge is 0.317 e. The van der Waals surface area contributed by atoms with Crippen molar-refractivity contribution in [2.24, 2.45) is 0 Å². The molecule has 2 N–H and O–H groups in total. The third-order valence-electron chi connectivity index (χ3n) is 4.45. The van der Waals surface area contributed by atoms with Crippen molar-refractivity contribution >= 4 is 17.8 Å². The van der Waals surface area contributed by atoms with Gasteiger partial charge in [0.25, 0.3) is 0 Å². The Kier molecular flexibility index (Phi) is 5.67. The summed E-state index contributed by atoms with van der Waals surface area (Å²) < 4.78 is 0. The van der Waals surface area contributed by atoms with Crippen molar-refractivity contribution in [2.45, 2.75) is 25.4 Å². The van der Waals surface area contributed by atoms with Crippen LogP contribution in [0.5, 0.6) is 5.75 Å². The van der Waals surface area contributed by atoms with Gasteiger partial charge in [-0.2, -0.15) is 11.8 Å². The quantitative estimate of drug-likeness (QED) is 0.888. The number of hydrogen-bond acceptors (Lipinski definition) is 4. The first-order valence-corrected chi connectivity index (χ1v) is 9.49. The van der Waals surface area contributed by atoms with E-state index < -0.39 is 0 Å². The van der Waals surface area contributed by atoms with Gasteiger partial charge in [0.2, 0.25) is 0 Å². The summed E-state index contributed by atoms with van der Waals surface area (Å²) in [4.78, 5) is 16.6. The van der Waals surface area contributed by atoms with Crippen LogP contribution in [0.1, 0.15) is 18.4 Å². The second-order valence-corrected chi connectivity index (χ2v) is 7.52. The molecule has 1 atom stereocenters. The molecule has 2 amide bonds. The van der Waals surface area contributed by atoms with Crippen LogP contribution in [0.15, 0.2) is 24.3 Å². The van der Waals surface area contributed by atoms with Crippen LogP contribution >= 0.6 is 11.8 Å². The topological polar surface area (TPSA) is 55.8 Å². The summed E-state index contributed by atoms with van der Waals surface area (Å²) >= 11 is 1.91. The van der Waals surface area contributed by atoms with E-state index in [-0.39, 0.29) is 12.1 Å². The highest BCUT2D eigenvalue weighted by Gasteiger charge is 2.24. The summed E-state index contributed by atoms with van der Waals surface area (Å²) in [6.45, 7) is 4.46. The number of likely N-dealkylation sites (tertiary alicyclic amines) is 1. The Balaban J connectivity index is 1.50. The van der Waals surface area contributed by atoms with E-state index in [9.17, 15) is 9.90 Å². The lowest BCUT2D eigenvalue weighted by Gasteiger charge is -2.35. The van der Waals surface area contributed by atoms with Gasteiger partial charge in [-0.15, -0.1) is 0 Å². The van der Waals surface area contributed by atoms with Crippen molar-refractivity contribution in [1.29, 1.82) is 0 Å². The van der Waals surface area contributed by atoms with Crippen molar-refractivity contribution in [3.63, 3.8) is 0 Å². The van der Waals surface area contributed by atoms with Crippen LogP contribution in [-0.2, 0) is 6.54 Å². The first kappa shape index (κ1) is 16.5. The molecule has 0 aliphatic carbocycles. The highest BCUT2D eigenvalue weighted by Crippen LogP contribution is 2.17. The molecule has 2 heterocycles. The van der Waals surface area contributed by atoms with Gasteiger partial charge >= 0.3 is 6.03 Å². The zero-order chi connectivity index (χ0) is 16.1. The van der Waals surface area contributed by atoms with Crippen LogP contribution in [-0.4, -0.2) is 64.7 Å². The molecule has 0 saturated carbocycles. The van der Waals surface area contributed by atoms with E-state index in [0.29, 0.717) is 5.75 Å². The number of carbonyl (C=O) groups excluding carboxylic acids is 1. The predicted octanol–water partition coefficient (Wildman–Crippen LogP) is 2.12. The summed E-state index contributed by atoms with van der Waals surface area (Å²) in [5, 5.41) is 12.8. The van der Waals surface area contributed by atoms with Gasteiger partial charge < -0.3 is 15.3 Å². The van der Waals surface area contributed by atoms with Crippen molar-refractivity contribution in [1.82, 2.24) is 15.1 Å². The molecule has 5 nitrogen and oxygen atoms in total. The monoisotopic (exact) mass is 335 g/mol. The van der Waals surface area contributed by atoms with E-state index in [1.54, 1.807) is 6.07 Å². The number of rotatable bonds is 3. The molecule has 0 unspecified atom stereocenters. The van der Waals surface area contributed by atoms with Crippen molar-refractivity contribution in [3.8, 4) is 5.75 Å². The number of carbonyl (C=O) groups is 1. The van der Waals surface area contributed by atoms with Crippen molar-refractivity contribution in [2.75, 3.05) is 37.7 Å². The highest BCUT2D eigenvalue weighted by atomic mass is 32.2. The fourth-order valence-corrected chi connectivity index (χ4v) is 4.17. The molecule has 0 bridgehead atoms. The number of thioether (sulfide) groups is 1. The Morgan fingerprint density at radius 3 is 2.91 bits per heavy atom. The molecule has 0 aromatic heterocycles. The standard InChI is InChI=1S/C17H25N3O2S/c21-16-5-1-3-14(11-16)12-19-6-2-4-15(13-19)18-17(22)20-7-9-23-10-8-20/h1,3,5,11,15,21H,2,4,6-10,12-13H2,(H,18,22)/t15-/m0/s1. The first-order valence-electron chi connectivity index (χ1n) is 8.34. The molecule has 3 rings (SSSR count). The molecule has 2 aliphatic heterocycles. The number of amides is 2. The molecule has 23 heavy (non-hydrogen) atoms. The van der Waals surface area contributed by atoms with Gasteiger partial charge in [0, 0.05) is 43.7 Å². The zero-order valence-electron chi connectivity index (χ0n) is 13.4. The van der Waals surface area contributed by atoms with Crippen LogP contribution in [0.3, 0.4) is 0 Å². The maximum Gasteiger partial charge on any atom is 0.317 e. The van der Waals surface area contributed by atoms with E-state index in [4.69, 9.17) is 0 Å². The number of phenols is 1. The number of piperidine rings is 1. The van der Waals surface area contributed by atoms with E-state index in [1.165, 1.54) is 0 Å². The minimum absolute atomic E-state index is 0.0921. The highest BCUT2D eigenvalue weighted by molar-refractivity contribution is 7.99. The van der Waals surface area contributed by atoms with Crippen LogP contribution in [0.2, 0.25) is 0 Å². The van der Waals surface area contributed by atoms with Crippen LogP contribution in [0.4, 0.5) is 4.79 Å². The third kappa shape index (κ3) is 4.78. The molecule has 1 aromatic rings. The van der Waals surface area contributed by atoms with Gasteiger partial charge in [-0.3, -0.25) is 4.90 Å². The van der Waals surface area contributed by atoms with Gasteiger partial charge in [0.05, 0.1) is 0 Å². The average Bonchev–Trinajstić information content (AvgIpc) is 2.56. The Morgan fingerprint density at radius 1 is 1.30 bits per heavy atom. The van der Waals surface area contributed by atoms with Crippen LogP contribution in [0.25, 0.3) is 0 Å². The van der Waals surface area contributed by atoms with E-state index in [1.807, 2.05) is 34.9 Å². The molecule has 6 heteroatoms. The van der Waals surface area contributed by atoms with Gasteiger partial charge in [-0.25, -0.2) is 4.79 Å². The zero-order valence-corrected chi connectivity index (χ0v) is 14.2. The number of urea groups is 1. The largest absolute Gasteiger partial charge is 0.508 e. The lowest BCUT2D eigenvalue weighted by molar-refractivity contribution is 0.165. The molecular weight excluding hydrogens is 310 g/mol. The Hall–Kier alpha value is -1.40. The Morgan fingerprint density at radius 2 is 2.13 bits per heavy atom. The van der Waals surface area contributed by atoms with Crippen molar-refractivity contribution < 1.29 is 9.90 Å². The molecule has 2 aliphatic rings. The second-order valence-electron chi connectivity index (χ2n) is 6.29. The number of nitrogens with one attached hydrogen (secondary N) is 1. The third-order valence-corrected chi connectivity index (χ3v) is 5.39. The van der Waals surface area contributed by atoms with Gasteiger partial charge in [0.15, 0.2) is 0 Å². The molecule has 2 saturated heterocycles.